The van der Waals surface area contributed by atoms with Crippen molar-refractivity contribution in [2.24, 2.45) is 5.92 Å². The summed E-state index contributed by atoms with van der Waals surface area (Å²) in [7, 11) is 0. The van der Waals surface area contributed by atoms with Gasteiger partial charge >= 0.3 is 0 Å². The second kappa shape index (κ2) is 6.97. The van der Waals surface area contributed by atoms with Crippen molar-refractivity contribution in [2.75, 3.05) is 26.3 Å². The lowest BCUT2D eigenvalue weighted by Gasteiger charge is -2.30. The lowest BCUT2D eigenvalue weighted by molar-refractivity contribution is -0.137. The lowest BCUT2D eigenvalue weighted by Crippen LogP contribution is -2.51. The van der Waals surface area contributed by atoms with Gasteiger partial charge in [0.05, 0.1) is 19.3 Å². The molecule has 1 heterocycles. The third-order valence-corrected chi connectivity index (χ3v) is 3.05. The van der Waals surface area contributed by atoms with Crippen molar-refractivity contribution in [3.05, 3.63) is 0 Å². The SMILES string of the molecule is CC(C)CC(C)NC(C)C(=O)N1CCOCC1. The number of hydrogen-bond acceptors (Lipinski definition) is 3. The number of hydrogen-bond donors (Lipinski definition) is 1. The van der Waals surface area contributed by atoms with Crippen LogP contribution in [0.25, 0.3) is 0 Å². The van der Waals surface area contributed by atoms with Crippen molar-refractivity contribution >= 4 is 5.91 Å². The van der Waals surface area contributed by atoms with E-state index in [4.69, 9.17) is 4.74 Å². The van der Waals surface area contributed by atoms with Crippen LogP contribution in [0.3, 0.4) is 0 Å². The Bertz CT molecular complexity index is 238. The van der Waals surface area contributed by atoms with Crippen LogP contribution in [0.1, 0.15) is 34.1 Å². The van der Waals surface area contributed by atoms with E-state index in [1.807, 2.05) is 11.8 Å². The average Bonchev–Trinajstić information content (AvgIpc) is 2.28. The van der Waals surface area contributed by atoms with Crippen LogP contribution in [0.5, 0.6) is 0 Å². The summed E-state index contributed by atoms with van der Waals surface area (Å²) in [5.41, 5.74) is 0. The standard InChI is InChI=1S/C13H26N2O2/c1-10(2)9-11(3)14-12(4)13(16)15-5-7-17-8-6-15/h10-12,14H,5-9H2,1-4H3. The molecule has 4 nitrogen and oxygen atoms in total. The highest BCUT2D eigenvalue weighted by molar-refractivity contribution is 5.81. The first kappa shape index (κ1) is 14.5. The van der Waals surface area contributed by atoms with E-state index >= 15 is 0 Å². The summed E-state index contributed by atoms with van der Waals surface area (Å²) in [5.74, 6) is 0.854. The van der Waals surface area contributed by atoms with E-state index in [1.165, 1.54) is 0 Å². The Hall–Kier alpha value is -0.610. The van der Waals surface area contributed by atoms with Gasteiger partial charge in [0.2, 0.25) is 5.91 Å². The van der Waals surface area contributed by atoms with Gasteiger partial charge in [0.25, 0.3) is 0 Å². The van der Waals surface area contributed by atoms with E-state index in [0.29, 0.717) is 25.2 Å². The highest BCUT2D eigenvalue weighted by Crippen LogP contribution is 2.06. The molecule has 1 amide bonds. The maximum atomic E-state index is 12.1. The second-order valence-electron chi connectivity index (χ2n) is 5.36. The molecule has 0 saturated carbocycles. The minimum Gasteiger partial charge on any atom is -0.378 e. The molecule has 1 aliphatic rings. The minimum absolute atomic E-state index is 0.0955. The van der Waals surface area contributed by atoms with Gasteiger partial charge in [-0.25, -0.2) is 0 Å². The number of carbonyl (C=O) groups excluding carboxylic acids is 1. The summed E-state index contributed by atoms with van der Waals surface area (Å²) in [6.45, 7) is 11.3. The van der Waals surface area contributed by atoms with Gasteiger partial charge in [-0.15, -0.1) is 0 Å². The summed E-state index contributed by atoms with van der Waals surface area (Å²) >= 11 is 0. The maximum Gasteiger partial charge on any atom is 0.239 e. The second-order valence-corrected chi connectivity index (χ2v) is 5.36. The first-order chi connectivity index (χ1) is 8.00. The number of rotatable bonds is 5. The number of nitrogens with zero attached hydrogens (tertiary/aromatic N) is 1. The van der Waals surface area contributed by atoms with Gasteiger partial charge in [0.1, 0.15) is 0 Å². The Kier molecular flexibility index (Phi) is 5.92. The quantitative estimate of drug-likeness (QED) is 0.789. The molecule has 0 aromatic rings. The summed E-state index contributed by atoms with van der Waals surface area (Å²) < 4.78 is 5.25. The summed E-state index contributed by atoms with van der Waals surface area (Å²) in [5, 5.41) is 3.38. The van der Waals surface area contributed by atoms with Crippen LogP contribution in [-0.4, -0.2) is 49.2 Å². The summed E-state index contributed by atoms with van der Waals surface area (Å²) in [6.07, 6.45) is 1.10. The van der Waals surface area contributed by atoms with Gasteiger partial charge in [0, 0.05) is 19.1 Å². The van der Waals surface area contributed by atoms with Crippen LogP contribution in [0.15, 0.2) is 0 Å². The molecule has 1 saturated heterocycles. The fourth-order valence-electron chi connectivity index (χ4n) is 2.33. The predicted molar refractivity (Wildman–Crippen MR) is 68.9 cm³/mol. The van der Waals surface area contributed by atoms with Crippen LogP contribution in [0.2, 0.25) is 0 Å². The van der Waals surface area contributed by atoms with Crippen LogP contribution < -0.4 is 5.32 Å². The Morgan fingerprint density at radius 1 is 1.24 bits per heavy atom. The van der Waals surface area contributed by atoms with Crippen LogP contribution >= 0.6 is 0 Å². The van der Waals surface area contributed by atoms with Crippen molar-refractivity contribution in [1.82, 2.24) is 10.2 Å². The monoisotopic (exact) mass is 242 g/mol. The molecule has 0 aliphatic carbocycles. The number of carbonyl (C=O) groups is 1. The zero-order valence-corrected chi connectivity index (χ0v) is 11.5. The third kappa shape index (κ3) is 5.04. The van der Waals surface area contributed by atoms with Crippen molar-refractivity contribution in [1.29, 1.82) is 0 Å². The molecule has 1 rings (SSSR count). The van der Waals surface area contributed by atoms with Gasteiger partial charge in [-0.2, -0.15) is 0 Å². The molecule has 2 unspecified atom stereocenters. The molecule has 0 aromatic heterocycles. The zero-order chi connectivity index (χ0) is 12.8. The molecule has 4 heteroatoms. The number of amides is 1. The van der Waals surface area contributed by atoms with Gasteiger partial charge in [-0.1, -0.05) is 13.8 Å². The van der Waals surface area contributed by atoms with E-state index in [-0.39, 0.29) is 11.9 Å². The lowest BCUT2D eigenvalue weighted by atomic mass is 10.0. The first-order valence-corrected chi connectivity index (χ1v) is 6.63. The smallest absolute Gasteiger partial charge is 0.239 e. The molecule has 1 fully saturated rings. The average molecular weight is 242 g/mol. The summed E-state index contributed by atoms with van der Waals surface area (Å²) in [4.78, 5) is 14.0. The van der Waals surface area contributed by atoms with E-state index < -0.39 is 0 Å². The molecular formula is C13H26N2O2. The Balaban J connectivity index is 2.35. The van der Waals surface area contributed by atoms with E-state index in [2.05, 4.69) is 26.1 Å². The largest absolute Gasteiger partial charge is 0.378 e. The van der Waals surface area contributed by atoms with E-state index in [1.54, 1.807) is 0 Å². The number of nitrogens with one attached hydrogen (secondary N) is 1. The topological polar surface area (TPSA) is 41.6 Å². The van der Waals surface area contributed by atoms with Gasteiger partial charge < -0.3 is 15.0 Å². The molecule has 2 atom stereocenters. The van der Waals surface area contributed by atoms with Crippen molar-refractivity contribution < 1.29 is 9.53 Å². The molecule has 100 valence electrons. The molecule has 1 aliphatic heterocycles. The van der Waals surface area contributed by atoms with Crippen LogP contribution in [0.4, 0.5) is 0 Å². The molecule has 0 radical (unpaired) electrons. The normalized spacial score (nSPS) is 20.4. The Morgan fingerprint density at radius 2 is 1.82 bits per heavy atom. The molecule has 0 spiro atoms. The molecule has 17 heavy (non-hydrogen) atoms. The minimum atomic E-state index is -0.0955. The van der Waals surface area contributed by atoms with Gasteiger partial charge in [0.15, 0.2) is 0 Å². The van der Waals surface area contributed by atoms with Crippen molar-refractivity contribution in [3.8, 4) is 0 Å². The molecular weight excluding hydrogens is 216 g/mol. The number of ether oxygens (including phenoxy) is 1. The maximum absolute atomic E-state index is 12.1. The van der Waals surface area contributed by atoms with Crippen LogP contribution in [-0.2, 0) is 9.53 Å². The first-order valence-electron chi connectivity index (χ1n) is 6.63. The van der Waals surface area contributed by atoms with Crippen molar-refractivity contribution in [2.45, 2.75) is 46.2 Å². The third-order valence-electron chi connectivity index (χ3n) is 3.05. The number of morpholine rings is 1. The van der Waals surface area contributed by atoms with Gasteiger partial charge in [-0.05, 0) is 26.2 Å². The Labute approximate surface area is 105 Å². The highest BCUT2D eigenvalue weighted by atomic mass is 16.5. The van der Waals surface area contributed by atoms with Gasteiger partial charge in [-0.3, -0.25) is 4.79 Å². The predicted octanol–water partition coefficient (Wildman–Crippen LogP) is 1.26. The molecule has 0 aromatic carbocycles. The van der Waals surface area contributed by atoms with E-state index in [9.17, 15) is 4.79 Å². The molecule has 1 N–H and O–H groups in total. The fourth-order valence-corrected chi connectivity index (χ4v) is 2.33. The van der Waals surface area contributed by atoms with Crippen LogP contribution in [0, 0.1) is 5.92 Å². The summed E-state index contributed by atoms with van der Waals surface area (Å²) in [6, 6.07) is 0.289. The Morgan fingerprint density at radius 3 is 2.35 bits per heavy atom. The zero-order valence-electron chi connectivity index (χ0n) is 11.5. The molecule has 0 bridgehead atoms. The highest BCUT2D eigenvalue weighted by Gasteiger charge is 2.23. The van der Waals surface area contributed by atoms with E-state index in [0.717, 1.165) is 19.5 Å². The van der Waals surface area contributed by atoms with Crippen molar-refractivity contribution in [3.63, 3.8) is 0 Å². The fraction of sp³-hybridized carbons (Fsp3) is 0.923.